The molecule has 2 N–H and O–H groups in total. The van der Waals surface area contributed by atoms with E-state index in [1.54, 1.807) is 20.3 Å². The molecule has 0 saturated carbocycles. The Balaban J connectivity index is 3.11. The molecule has 0 aliphatic rings. The van der Waals surface area contributed by atoms with Gasteiger partial charge in [-0.3, -0.25) is 0 Å². The van der Waals surface area contributed by atoms with Crippen LogP contribution in [0.1, 0.15) is 31.9 Å². The van der Waals surface area contributed by atoms with Gasteiger partial charge in [-0.05, 0) is 25.0 Å². The number of aliphatic hydroxyl groups is 1. The molecule has 0 bridgehead atoms. The largest absolute Gasteiger partial charge is 0.493 e. The average Bonchev–Trinajstić information content (AvgIpc) is 2.44. The van der Waals surface area contributed by atoms with Crippen molar-refractivity contribution >= 4 is 11.6 Å². The number of methoxy groups -OCH3 is 2. The van der Waals surface area contributed by atoms with Crippen LogP contribution in [0, 0.1) is 0 Å². The Hall–Kier alpha value is -0.970. The maximum absolute atomic E-state index is 9.55. The van der Waals surface area contributed by atoms with E-state index in [1.807, 2.05) is 6.07 Å². The van der Waals surface area contributed by atoms with Crippen molar-refractivity contribution in [3.63, 3.8) is 0 Å². The molecule has 1 aromatic carbocycles. The molecule has 2 unspecified atom stereocenters. The maximum atomic E-state index is 9.55. The topological polar surface area (TPSA) is 50.7 Å². The van der Waals surface area contributed by atoms with Crippen molar-refractivity contribution in [1.82, 2.24) is 5.32 Å². The van der Waals surface area contributed by atoms with E-state index < -0.39 is 0 Å². The van der Waals surface area contributed by atoms with E-state index in [-0.39, 0.29) is 12.6 Å². The SMILES string of the molecule is CCC(C)NC(CO)c1ccc(OC)c(OC)c1Cl. The number of halogens is 1. The van der Waals surface area contributed by atoms with Gasteiger partial charge in [0.05, 0.1) is 31.9 Å². The van der Waals surface area contributed by atoms with Crippen molar-refractivity contribution in [3.05, 3.63) is 22.7 Å². The molecule has 108 valence electrons. The standard InChI is InChI=1S/C14H22ClNO3/c1-5-9(2)16-11(8-17)10-6-7-12(18-3)14(19-4)13(10)15/h6-7,9,11,16-17H,5,8H2,1-4H3. The lowest BCUT2D eigenvalue weighted by Gasteiger charge is -2.23. The zero-order valence-corrected chi connectivity index (χ0v) is 12.6. The van der Waals surface area contributed by atoms with Gasteiger partial charge in [-0.25, -0.2) is 0 Å². The van der Waals surface area contributed by atoms with E-state index in [0.29, 0.717) is 22.6 Å². The van der Waals surface area contributed by atoms with Gasteiger partial charge in [0, 0.05) is 6.04 Å². The molecule has 1 rings (SSSR count). The highest BCUT2D eigenvalue weighted by Gasteiger charge is 2.20. The molecule has 0 aliphatic heterocycles. The Bertz CT molecular complexity index is 412. The third kappa shape index (κ3) is 3.75. The first kappa shape index (κ1) is 16.1. The zero-order valence-electron chi connectivity index (χ0n) is 11.9. The van der Waals surface area contributed by atoms with Crippen molar-refractivity contribution < 1.29 is 14.6 Å². The average molecular weight is 288 g/mol. The molecule has 0 saturated heterocycles. The van der Waals surface area contributed by atoms with Crippen molar-refractivity contribution in [2.75, 3.05) is 20.8 Å². The van der Waals surface area contributed by atoms with Gasteiger partial charge in [0.25, 0.3) is 0 Å². The van der Waals surface area contributed by atoms with Crippen LogP contribution in [0.4, 0.5) is 0 Å². The van der Waals surface area contributed by atoms with E-state index in [4.69, 9.17) is 21.1 Å². The van der Waals surface area contributed by atoms with Crippen LogP contribution in [0.15, 0.2) is 12.1 Å². The summed E-state index contributed by atoms with van der Waals surface area (Å²) in [7, 11) is 3.11. The van der Waals surface area contributed by atoms with Gasteiger partial charge in [0.15, 0.2) is 11.5 Å². The molecule has 0 amide bonds. The van der Waals surface area contributed by atoms with Crippen LogP contribution in [-0.4, -0.2) is 32.0 Å². The van der Waals surface area contributed by atoms with E-state index in [9.17, 15) is 5.11 Å². The smallest absolute Gasteiger partial charge is 0.179 e. The van der Waals surface area contributed by atoms with E-state index in [1.165, 1.54) is 0 Å². The number of nitrogens with one attached hydrogen (secondary N) is 1. The molecule has 2 atom stereocenters. The summed E-state index contributed by atoms with van der Waals surface area (Å²) in [6, 6.07) is 3.71. The number of ether oxygens (including phenoxy) is 2. The first-order valence-corrected chi connectivity index (χ1v) is 6.74. The monoisotopic (exact) mass is 287 g/mol. The van der Waals surface area contributed by atoms with Crippen LogP contribution in [0.25, 0.3) is 0 Å². The molecule has 0 spiro atoms. The second kappa shape index (κ2) is 7.58. The molecule has 0 radical (unpaired) electrons. The lowest BCUT2D eigenvalue weighted by Crippen LogP contribution is -2.32. The van der Waals surface area contributed by atoms with Crippen LogP contribution in [0.5, 0.6) is 11.5 Å². The first-order valence-electron chi connectivity index (χ1n) is 6.36. The van der Waals surface area contributed by atoms with E-state index in [2.05, 4.69) is 19.2 Å². The molecule has 0 aromatic heterocycles. The Labute approximate surface area is 119 Å². The van der Waals surface area contributed by atoms with Gasteiger partial charge in [0.1, 0.15) is 0 Å². The molecule has 5 heteroatoms. The molecular weight excluding hydrogens is 266 g/mol. The number of rotatable bonds is 7. The minimum atomic E-state index is -0.220. The number of hydrogen-bond acceptors (Lipinski definition) is 4. The Morgan fingerprint density at radius 2 is 2.00 bits per heavy atom. The molecule has 4 nitrogen and oxygen atoms in total. The van der Waals surface area contributed by atoms with Crippen LogP contribution in [0.2, 0.25) is 5.02 Å². The van der Waals surface area contributed by atoms with Gasteiger partial charge >= 0.3 is 0 Å². The highest BCUT2D eigenvalue weighted by Crippen LogP contribution is 2.39. The predicted octanol–water partition coefficient (Wildman–Crippen LogP) is 2.78. The van der Waals surface area contributed by atoms with Crippen LogP contribution >= 0.6 is 11.6 Å². The van der Waals surface area contributed by atoms with Crippen LogP contribution < -0.4 is 14.8 Å². The fourth-order valence-corrected chi connectivity index (χ4v) is 2.24. The van der Waals surface area contributed by atoms with E-state index in [0.717, 1.165) is 12.0 Å². The number of hydrogen-bond donors (Lipinski definition) is 2. The minimum Gasteiger partial charge on any atom is -0.493 e. The zero-order chi connectivity index (χ0) is 14.4. The maximum Gasteiger partial charge on any atom is 0.179 e. The molecule has 0 heterocycles. The minimum absolute atomic E-state index is 0.0282. The third-order valence-corrected chi connectivity index (χ3v) is 3.56. The normalized spacial score (nSPS) is 14.0. The summed E-state index contributed by atoms with van der Waals surface area (Å²) in [6.45, 7) is 4.12. The second-order valence-corrected chi connectivity index (χ2v) is 4.79. The summed E-state index contributed by atoms with van der Waals surface area (Å²) >= 11 is 6.34. The fraction of sp³-hybridized carbons (Fsp3) is 0.571. The van der Waals surface area contributed by atoms with Crippen molar-refractivity contribution in [1.29, 1.82) is 0 Å². The number of aliphatic hydroxyl groups excluding tert-OH is 1. The quantitative estimate of drug-likeness (QED) is 0.810. The van der Waals surface area contributed by atoms with Crippen molar-refractivity contribution in [3.8, 4) is 11.5 Å². The number of benzene rings is 1. The molecule has 1 aromatic rings. The van der Waals surface area contributed by atoms with Crippen molar-refractivity contribution in [2.24, 2.45) is 0 Å². The lowest BCUT2D eigenvalue weighted by atomic mass is 10.0. The molecular formula is C14H22ClNO3. The highest BCUT2D eigenvalue weighted by atomic mass is 35.5. The fourth-order valence-electron chi connectivity index (χ4n) is 1.88. The Morgan fingerprint density at radius 3 is 2.47 bits per heavy atom. The third-order valence-electron chi connectivity index (χ3n) is 3.17. The predicted molar refractivity (Wildman–Crippen MR) is 77.3 cm³/mol. The molecule has 19 heavy (non-hydrogen) atoms. The molecule has 0 fully saturated rings. The van der Waals surface area contributed by atoms with E-state index >= 15 is 0 Å². The van der Waals surface area contributed by atoms with Gasteiger partial charge in [-0.15, -0.1) is 0 Å². The summed E-state index contributed by atoms with van der Waals surface area (Å²) in [5.74, 6) is 1.07. The van der Waals surface area contributed by atoms with Gasteiger partial charge in [0.2, 0.25) is 0 Å². The summed E-state index contributed by atoms with van der Waals surface area (Å²) in [4.78, 5) is 0. The van der Waals surface area contributed by atoms with Crippen molar-refractivity contribution in [2.45, 2.75) is 32.4 Å². The molecule has 0 aliphatic carbocycles. The van der Waals surface area contributed by atoms with Gasteiger partial charge in [-0.1, -0.05) is 24.6 Å². The summed E-state index contributed by atoms with van der Waals surface area (Å²) in [5, 5.41) is 13.3. The summed E-state index contributed by atoms with van der Waals surface area (Å²) in [6.07, 6.45) is 0.974. The lowest BCUT2D eigenvalue weighted by molar-refractivity contribution is 0.233. The Morgan fingerprint density at radius 1 is 1.32 bits per heavy atom. The van der Waals surface area contributed by atoms with Crippen LogP contribution in [0.3, 0.4) is 0 Å². The van der Waals surface area contributed by atoms with Crippen LogP contribution in [-0.2, 0) is 0 Å². The van der Waals surface area contributed by atoms with Gasteiger partial charge in [-0.2, -0.15) is 0 Å². The van der Waals surface area contributed by atoms with Gasteiger partial charge < -0.3 is 19.9 Å². The first-order chi connectivity index (χ1) is 9.08. The Kier molecular flexibility index (Phi) is 6.42. The summed E-state index contributed by atoms with van der Waals surface area (Å²) < 4.78 is 10.5. The highest BCUT2D eigenvalue weighted by molar-refractivity contribution is 6.33. The summed E-state index contributed by atoms with van der Waals surface area (Å²) in [5.41, 5.74) is 0.808. The second-order valence-electron chi connectivity index (χ2n) is 4.42.